The van der Waals surface area contributed by atoms with Crippen molar-refractivity contribution >= 4 is 40.5 Å². The molecule has 2 aromatic rings. The molecule has 0 fully saturated rings. The van der Waals surface area contributed by atoms with Crippen molar-refractivity contribution in [2.75, 3.05) is 12.4 Å². The average molecular weight is 364 g/mol. The molecule has 1 N–H and O–H groups in total. The summed E-state index contributed by atoms with van der Waals surface area (Å²) in [4.78, 5) is 23.7. The normalized spacial score (nSPS) is 11.2. The molecule has 0 aliphatic carbocycles. The second kappa shape index (κ2) is 6.59. The molecule has 122 valence electrons. The Morgan fingerprint density at radius 1 is 1.17 bits per heavy atom. The van der Waals surface area contributed by atoms with Gasteiger partial charge in [0.1, 0.15) is 4.88 Å². The number of halogens is 4. The summed E-state index contributed by atoms with van der Waals surface area (Å²) < 4.78 is 42.8. The Bertz CT molecular complexity index is 758. The number of anilines is 1. The van der Waals surface area contributed by atoms with Crippen molar-refractivity contribution in [1.29, 1.82) is 0 Å². The maximum Gasteiger partial charge on any atom is 0.417 e. The Balaban J connectivity index is 2.21. The maximum absolute atomic E-state index is 12.8. The number of thiophene rings is 1. The predicted octanol–water partition coefficient (Wildman–Crippen LogP) is 4.46. The highest BCUT2D eigenvalue weighted by molar-refractivity contribution is 7.16. The number of carbonyl (C=O) groups is 2. The van der Waals surface area contributed by atoms with Crippen LogP contribution in [0.15, 0.2) is 30.3 Å². The number of methoxy groups -OCH3 is 1. The van der Waals surface area contributed by atoms with Gasteiger partial charge in [-0.25, -0.2) is 4.79 Å². The first kappa shape index (κ1) is 17.3. The highest BCUT2D eigenvalue weighted by Crippen LogP contribution is 2.36. The predicted molar refractivity (Wildman–Crippen MR) is 80.1 cm³/mol. The second-order valence-electron chi connectivity index (χ2n) is 4.30. The molecule has 0 atom stereocenters. The van der Waals surface area contributed by atoms with E-state index in [2.05, 4.69) is 10.1 Å². The largest absolute Gasteiger partial charge is 0.465 e. The SMILES string of the molecule is COC(=O)c1ccc(C(=O)Nc2ccc(Cl)c(C(F)(F)F)c2)s1. The van der Waals surface area contributed by atoms with Gasteiger partial charge in [-0.1, -0.05) is 11.6 Å². The van der Waals surface area contributed by atoms with E-state index in [1.165, 1.54) is 25.3 Å². The van der Waals surface area contributed by atoms with Gasteiger partial charge in [0.2, 0.25) is 0 Å². The molecule has 0 aliphatic heterocycles. The van der Waals surface area contributed by atoms with E-state index in [1.54, 1.807) is 0 Å². The first-order valence-corrected chi connectivity index (χ1v) is 7.28. The molecule has 0 spiro atoms. The third kappa shape index (κ3) is 4.02. The monoisotopic (exact) mass is 363 g/mol. The van der Waals surface area contributed by atoms with Crippen LogP contribution in [-0.2, 0) is 10.9 Å². The summed E-state index contributed by atoms with van der Waals surface area (Å²) in [5, 5.41) is 1.87. The Morgan fingerprint density at radius 2 is 1.83 bits per heavy atom. The number of carbonyl (C=O) groups excluding carboxylic acids is 2. The van der Waals surface area contributed by atoms with E-state index in [4.69, 9.17) is 11.6 Å². The van der Waals surface area contributed by atoms with E-state index >= 15 is 0 Å². The zero-order valence-electron chi connectivity index (χ0n) is 11.5. The molecule has 9 heteroatoms. The lowest BCUT2D eigenvalue weighted by molar-refractivity contribution is -0.137. The van der Waals surface area contributed by atoms with Crippen LogP contribution < -0.4 is 5.32 Å². The third-order valence-electron chi connectivity index (χ3n) is 2.75. The summed E-state index contributed by atoms with van der Waals surface area (Å²) in [6.07, 6.45) is -4.63. The highest BCUT2D eigenvalue weighted by Gasteiger charge is 2.33. The van der Waals surface area contributed by atoms with Crippen LogP contribution >= 0.6 is 22.9 Å². The van der Waals surface area contributed by atoms with Crippen molar-refractivity contribution in [2.24, 2.45) is 0 Å². The maximum atomic E-state index is 12.8. The van der Waals surface area contributed by atoms with Gasteiger partial charge in [-0.05, 0) is 30.3 Å². The number of hydrogen-bond donors (Lipinski definition) is 1. The molecular weight excluding hydrogens is 355 g/mol. The Hall–Kier alpha value is -2.06. The summed E-state index contributed by atoms with van der Waals surface area (Å²) in [5.74, 6) is -1.24. The molecule has 1 heterocycles. The first-order valence-electron chi connectivity index (χ1n) is 6.08. The molecule has 23 heavy (non-hydrogen) atoms. The van der Waals surface area contributed by atoms with Crippen LogP contribution in [-0.4, -0.2) is 19.0 Å². The molecule has 0 saturated carbocycles. The molecule has 4 nitrogen and oxygen atoms in total. The van der Waals surface area contributed by atoms with E-state index in [1.807, 2.05) is 0 Å². The molecule has 0 radical (unpaired) electrons. The Kier molecular flexibility index (Phi) is 4.96. The van der Waals surface area contributed by atoms with Crippen LogP contribution in [0.5, 0.6) is 0 Å². The summed E-state index contributed by atoms with van der Waals surface area (Å²) >= 11 is 6.38. The van der Waals surface area contributed by atoms with Gasteiger partial charge < -0.3 is 10.1 Å². The number of alkyl halides is 3. The number of benzene rings is 1. The highest BCUT2D eigenvalue weighted by atomic mass is 35.5. The summed E-state index contributed by atoms with van der Waals surface area (Å²) in [6, 6.07) is 5.83. The minimum absolute atomic E-state index is 0.0558. The molecule has 0 aliphatic rings. The zero-order valence-corrected chi connectivity index (χ0v) is 13.1. The molecular formula is C14H9ClF3NO3S. The van der Waals surface area contributed by atoms with Crippen LogP contribution in [0.1, 0.15) is 24.9 Å². The van der Waals surface area contributed by atoms with Crippen LogP contribution in [0.25, 0.3) is 0 Å². The smallest absolute Gasteiger partial charge is 0.417 e. The van der Waals surface area contributed by atoms with Crippen LogP contribution in [0, 0.1) is 0 Å². The lowest BCUT2D eigenvalue weighted by atomic mass is 10.2. The summed E-state index contributed by atoms with van der Waals surface area (Å²) in [6.45, 7) is 0. The van der Waals surface area contributed by atoms with Gasteiger partial charge in [0, 0.05) is 5.69 Å². The fraction of sp³-hybridized carbons (Fsp3) is 0.143. The van der Waals surface area contributed by atoms with Gasteiger partial charge in [0.25, 0.3) is 5.91 Å². The van der Waals surface area contributed by atoms with E-state index in [0.717, 1.165) is 23.5 Å². The molecule has 2 rings (SSSR count). The minimum Gasteiger partial charge on any atom is -0.465 e. The number of amides is 1. The van der Waals surface area contributed by atoms with Gasteiger partial charge in [-0.3, -0.25) is 4.79 Å². The van der Waals surface area contributed by atoms with Gasteiger partial charge in [0.05, 0.1) is 22.6 Å². The molecule has 1 aromatic heterocycles. The Labute approximate surface area is 137 Å². The van der Waals surface area contributed by atoms with Crippen molar-refractivity contribution in [1.82, 2.24) is 0 Å². The summed E-state index contributed by atoms with van der Waals surface area (Å²) in [7, 11) is 1.20. The first-order chi connectivity index (χ1) is 10.7. The van der Waals surface area contributed by atoms with Gasteiger partial charge in [-0.2, -0.15) is 13.2 Å². The van der Waals surface area contributed by atoms with Crippen molar-refractivity contribution < 1.29 is 27.5 Å². The molecule has 1 aromatic carbocycles. The summed E-state index contributed by atoms with van der Waals surface area (Å²) in [5.41, 5.74) is -1.10. The van der Waals surface area contributed by atoms with Gasteiger partial charge in [-0.15, -0.1) is 11.3 Å². The zero-order chi connectivity index (χ0) is 17.2. The van der Waals surface area contributed by atoms with E-state index in [0.29, 0.717) is 0 Å². The molecule has 0 bridgehead atoms. The number of ether oxygens (including phenoxy) is 1. The van der Waals surface area contributed by atoms with Crippen molar-refractivity contribution in [3.63, 3.8) is 0 Å². The van der Waals surface area contributed by atoms with Crippen LogP contribution in [0.4, 0.5) is 18.9 Å². The number of hydrogen-bond acceptors (Lipinski definition) is 4. The average Bonchev–Trinajstić information content (AvgIpc) is 2.97. The standard InChI is InChI=1S/C14H9ClF3NO3S/c1-22-13(21)11-5-4-10(23-11)12(20)19-7-2-3-9(15)8(6-7)14(16,17)18/h2-6H,1H3,(H,19,20). The molecule has 1 amide bonds. The second-order valence-corrected chi connectivity index (χ2v) is 5.79. The number of esters is 1. The topological polar surface area (TPSA) is 55.4 Å². The molecule has 0 unspecified atom stereocenters. The van der Waals surface area contributed by atoms with Crippen molar-refractivity contribution in [3.05, 3.63) is 50.7 Å². The third-order valence-corrected chi connectivity index (χ3v) is 4.14. The fourth-order valence-electron chi connectivity index (χ4n) is 1.68. The number of rotatable bonds is 3. The Morgan fingerprint density at radius 3 is 2.43 bits per heavy atom. The van der Waals surface area contributed by atoms with Crippen LogP contribution in [0.2, 0.25) is 5.02 Å². The van der Waals surface area contributed by atoms with E-state index in [-0.39, 0.29) is 15.4 Å². The quantitative estimate of drug-likeness (QED) is 0.819. The van der Waals surface area contributed by atoms with Crippen molar-refractivity contribution in [3.8, 4) is 0 Å². The van der Waals surface area contributed by atoms with E-state index < -0.39 is 28.6 Å². The van der Waals surface area contributed by atoms with E-state index in [9.17, 15) is 22.8 Å². The molecule has 0 saturated heterocycles. The fourth-order valence-corrected chi connectivity index (χ4v) is 2.73. The van der Waals surface area contributed by atoms with Crippen molar-refractivity contribution in [2.45, 2.75) is 6.18 Å². The van der Waals surface area contributed by atoms with Gasteiger partial charge >= 0.3 is 12.1 Å². The lowest BCUT2D eigenvalue weighted by Crippen LogP contribution is -2.12. The minimum atomic E-state index is -4.63. The number of nitrogens with one attached hydrogen (secondary N) is 1. The van der Waals surface area contributed by atoms with Crippen LogP contribution in [0.3, 0.4) is 0 Å². The van der Waals surface area contributed by atoms with Gasteiger partial charge in [0.15, 0.2) is 0 Å². The lowest BCUT2D eigenvalue weighted by Gasteiger charge is -2.11.